The molecule has 1 aliphatic rings. The number of anilines is 1. The van der Waals surface area contributed by atoms with E-state index in [-0.39, 0.29) is 27.7 Å². The van der Waals surface area contributed by atoms with Crippen molar-refractivity contribution in [2.45, 2.75) is 10.1 Å². The minimum atomic E-state index is -3.64. The van der Waals surface area contributed by atoms with Gasteiger partial charge in [-0.1, -0.05) is 35.5 Å². The fourth-order valence-electron chi connectivity index (χ4n) is 3.00. The molecule has 0 unspecified atom stereocenters. The van der Waals surface area contributed by atoms with Crippen molar-refractivity contribution in [2.24, 2.45) is 0 Å². The summed E-state index contributed by atoms with van der Waals surface area (Å²) in [7, 11) is -3.64. The van der Waals surface area contributed by atoms with Crippen LogP contribution >= 0.6 is 23.4 Å². The van der Waals surface area contributed by atoms with E-state index in [4.69, 9.17) is 20.8 Å². The van der Waals surface area contributed by atoms with Crippen molar-refractivity contribution in [2.75, 3.05) is 37.4 Å². The van der Waals surface area contributed by atoms with Crippen LogP contribution in [0.5, 0.6) is 0 Å². The van der Waals surface area contributed by atoms with Crippen LogP contribution in [0.4, 0.5) is 5.69 Å². The normalized spacial score (nSPS) is 14.9. The number of hydrogen-bond acceptors (Lipinski definition) is 8. The summed E-state index contributed by atoms with van der Waals surface area (Å²) in [5.74, 6) is -0.0306. The number of hydrogen-bond donors (Lipinski definition) is 1. The molecule has 0 bridgehead atoms. The van der Waals surface area contributed by atoms with Gasteiger partial charge in [0.2, 0.25) is 21.8 Å². The van der Waals surface area contributed by atoms with Crippen LogP contribution in [-0.2, 0) is 19.6 Å². The van der Waals surface area contributed by atoms with Gasteiger partial charge in [-0.2, -0.15) is 4.31 Å². The van der Waals surface area contributed by atoms with Crippen LogP contribution in [0, 0.1) is 0 Å². The number of morpholine rings is 1. The molecule has 0 saturated carbocycles. The molecule has 0 atom stereocenters. The third kappa shape index (κ3) is 5.48. The molecule has 12 heteroatoms. The average Bonchev–Trinajstić information content (AvgIpc) is 3.28. The summed E-state index contributed by atoms with van der Waals surface area (Å²) in [6, 6.07) is 13.2. The Kier molecular flexibility index (Phi) is 7.11. The molecule has 0 radical (unpaired) electrons. The van der Waals surface area contributed by atoms with Gasteiger partial charge in [0.25, 0.3) is 5.22 Å². The van der Waals surface area contributed by atoms with E-state index in [0.717, 1.165) is 11.8 Å². The number of amides is 1. The summed E-state index contributed by atoms with van der Waals surface area (Å²) < 4.78 is 38.0. The molecule has 1 N–H and O–H groups in total. The molecule has 1 saturated heterocycles. The number of halogens is 1. The second-order valence-corrected chi connectivity index (χ2v) is 10.1. The fraction of sp³-hybridized carbons (Fsp3) is 0.250. The molecular weight excluding hydrogens is 476 g/mol. The number of nitrogens with zero attached hydrogens (tertiary/aromatic N) is 3. The van der Waals surface area contributed by atoms with Crippen molar-refractivity contribution < 1.29 is 22.4 Å². The van der Waals surface area contributed by atoms with Gasteiger partial charge in [-0.05, 0) is 36.4 Å². The van der Waals surface area contributed by atoms with E-state index in [0.29, 0.717) is 42.6 Å². The predicted molar refractivity (Wildman–Crippen MR) is 120 cm³/mol. The summed E-state index contributed by atoms with van der Waals surface area (Å²) in [6.45, 7) is 1.36. The maximum Gasteiger partial charge on any atom is 0.277 e. The minimum absolute atomic E-state index is 0.0552. The third-order valence-corrected chi connectivity index (χ3v) is 7.48. The van der Waals surface area contributed by atoms with Crippen molar-refractivity contribution >= 4 is 45.0 Å². The lowest BCUT2D eigenvalue weighted by atomic mass is 10.2. The highest BCUT2D eigenvalue weighted by atomic mass is 35.5. The van der Waals surface area contributed by atoms with Crippen LogP contribution in [0.2, 0.25) is 5.02 Å². The Labute approximate surface area is 194 Å². The minimum Gasteiger partial charge on any atom is -0.411 e. The van der Waals surface area contributed by atoms with Crippen molar-refractivity contribution in [1.82, 2.24) is 14.5 Å². The Hall–Kier alpha value is -2.44. The van der Waals surface area contributed by atoms with Crippen LogP contribution < -0.4 is 5.32 Å². The first kappa shape index (κ1) is 22.7. The number of rotatable bonds is 7. The second-order valence-electron chi connectivity index (χ2n) is 6.76. The number of carbonyl (C=O) groups is 1. The molecule has 32 heavy (non-hydrogen) atoms. The number of thioether (sulfide) groups is 1. The highest BCUT2D eigenvalue weighted by molar-refractivity contribution is 7.99. The van der Waals surface area contributed by atoms with Gasteiger partial charge in [-0.25, -0.2) is 8.42 Å². The van der Waals surface area contributed by atoms with E-state index in [1.807, 2.05) is 0 Å². The Bertz CT molecular complexity index is 1210. The largest absolute Gasteiger partial charge is 0.411 e. The van der Waals surface area contributed by atoms with Gasteiger partial charge in [0.05, 0.1) is 23.9 Å². The van der Waals surface area contributed by atoms with E-state index in [2.05, 4.69) is 15.5 Å². The highest BCUT2D eigenvalue weighted by Gasteiger charge is 2.27. The molecule has 9 nitrogen and oxygen atoms in total. The first-order valence-corrected chi connectivity index (χ1v) is 12.4. The van der Waals surface area contributed by atoms with Gasteiger partial charge in [0, 0.05) is 29.4 Å². The predicted octanol–water partition coefficient (Wildman–Crippen LogP) is 3.14. The number of benzene rings is 2. The topological polar surface area (TPSA) is 115 Å². The van der Waals surface area contributed by atoms with Crippen LogP contribution in [-0.4, -0.2) is 60.9 Å². The second kappa shape index (κ2) is 10.0. The zero-order valence-corrected chi connectivity index (χ0v) is 19.1. The fourth-order valence-corrected chi connectivity index (χ4v) is 5.21. The smallest absolute Gasteiger partial charge is 0.277 e. The number of aromatic nitrogens is 2. The zero-order valence-electron chi connectivity index (χ0n) is 16.7. The maximum absolute atomic E-state index is 12.9. The van der Waals surface area contributed by atoms with E-state index in [1.165, 1.54) is 16.4 Å². The van der Waals surface area contributed by atoms with Crippen LogP contribution in [0.25, 0.3) is 11.5 Å². The number of nitrogens with one attached hydrogen (secondary N) is 1. The Morgan fingerprint density at radius 2 is 1.91 bits per heavy atom. The van der Waals surface area contributed by atoms with E-state index >= 15 is 0 Å². The van der Waals surface area contributed by atoms with Crippen molar-refractivity contribution in [1.29, 1.82) is 0 Å². The van der Waals surface area contributed by atoms with Gasteiger partial charge in [0.15, 0.2) is 0 Å². The molecule has 168 valence electrons. The van der Waals surface area contributed by atoms with Gasteiger partial charge in [-0.3, -0.25) is 4.79 Å². The lowest BCUT2D eigenvalue weighted by Crippen LogP contribution is -2.40. The molecular formula is C20H19ClN4O5S2. The number of carbonyl (C=O) groups excluding carboxylic acids is 1. The Morgan fingerprint density at radius 3 is 2.69 bits per heavy atom. The standard InChI is InChI=1S/C20H19ClN4O5S2/c21-15-4-2-5-16(12-15)22-18(26)13-31-20-24-23-19(30-20)14-3-1-6-17(11-14)32(27,28)25-7-9-29-10-8-25/h1-6,11-12H,7-10,13H2,(H,22,26). The third-order valence-electron chi connectivity index (χ3n) is 4.53. The molecule has 1 aromatic heterocycles. The summed E-state index contributed by atoms with van der Waals surface area (Å²) >= 11 is 6.98. The van der Waals surface area contributed by atoms with Crippen molar-refractivity contribution in [3.8, 4) is 11.5 Å². The first-order valence-electron chi connectivity index (χ1n) is 9.62. The van der Waals surface area contributed by atoms with Gasteiger partial charge in [-0.15, -0.1) is 10.2 Å². The number of ether oxygens (including phenoxy) is 1. The molecule has 4 rings (SSSR count). The van der Waals surface area contributed by atoms with E-state index in [1.54, 1.807) is 36.4 Å². The molecule has 2 aromatic carbocycles. The average molecular weight is 495 g/mol. The monoisotopic (exact) mass is 494 g/mol. The zero-order chi connectivity index (χ0) is 22.6. The molecule has 3 aromatic rings. The van der Waals surface area contributed by atoms with Crippen molar-refractivity contribution in [3.63, 3.8) is 0 Å². The van der Waals surface area contributed by atoms with E-state index in [9.17, 15) is 13.2 Å². The van der Waals surface area contributed by atoms with Crippen LogP contribution in [0.3, 0.4) is 0 Å². The van der Waals surface area contributed by atoms with Crippen molar-refractivity contribution in [3.05, 3.63) is 53.6 Å². The lowest BCUT2D eigenvalue weighted by Gasteiger charge is -2.26. The lowest BCUT2D eigenvalue weighted by molar-refractivity contribution is -0.113. The van der Waals surface area contributed by atoms with Crippen LogP contribution in [0.1, 0.15) is 0 Å². The highest BCUT2D eigenvalue weighted by Crippen LogP contribution is 2.26. The summed E-state index contributed by atoms with van der Waals surface area (Å²) in [5.41, 5.74) is 1.06. The quantitative estimate of drug-likeness (QED) is 0.498. The van der Waals surface area contributed by atoms with Crippen LogP contribution in [0.15, 0.2) is 63.1 Å². The first-order chi connectivity index (χ1) is 15.4. The van der Waals surface area contributed by atoms with Gasteiger partial charge < -0.3 is 14.5 Å². The SMILES string of the molecule is O=C(CSc1nnc(-c2cccc(S(=O)(=O)N3CCOCC3)c2)o1)Nc1cccc(Cl)c1. The van der Waals surface area contributed by atoms with E-state index < -0.39 is 10.0 Å². The summed E-state index contributed by atoms with van der Waals surface area (Å²) in [5, 5.41) is 11.4. The van der Waals surface area contributed by atoms with Gasteiger partial charge in [0.1, 0.15) is 0 Å². The number of sulfonamides is 1. The molecule has 1 fully saturated rings. The Balaban J connectivity index is 1.41. The molecule has 2 heterocycles. The molecule has 1 amide bonds. The Morgan fingerprint density at radius 1 is 1.12 bits per heavy atom. The summed E-state index contributed by atoms with van der Waals surface area (Å²) in [4.78, 5) is 12.3. The maximum atomic E-state index is 12.9. The molecule has 0 aliphatic carbocycles. The molecule has 0 spiro atoms. The molecule has 1 aliphatic heterocycles. The van der Waals surface area contributed by atoms with Gasteiger partial charge >= 0.3 is 0 Å². The summed E-state index contributed by atoms with van der Waals surface area (Å²) in [6.07, 6.45) is 0.